The first kappa shape index (κ1) is 17.2. The molecule has 1 saturated carbocycles. The molecular formula is C16H20N4O2S2. The number of rotatable bonds is 4. The Morgan fingerprint density at radius 1 is 1.33 bits per heavy atom. The minimum atomic E-state index is -0.400. The van der Waals surface area contributed by atoms with Crippen molar-refractivity contribution in [3.63, 3.8) is 0 Å². The highest BCUT2D eigenvalue weighted by Crippen LogP contribution is 2.28. The van der Waals surface area contributed by atoms with E-state index in [0.717, 1.165) is 34.5 Å². The second-order valence-electron chi connectivity index (χ2n) is 5.99. The van der Waals surface area contributed by atoms with Crippen molar-refractivity contribution in [2.45, 2.75) is 43.7 Å². The molecule has 0 unspecified atom stereocenters. The van der Waals surface area contributed by atoms with Crippen molar-refractivity contribution in [2.75, 3.05) is 5.75 Å². The number of carbonyl (C=O) groups is 2. The number of thiophene rings is 1. The van der Waals surface area contributed by atoms with Crippen molar-refractivity contribution in [3.8, 4) is 0 Å². The zero-order chi connectivity index (χ0) is 16.9. The number of amides is 3. The minimum absolute atomic E-state index is 0.150. The first-order valence-corrected chi connectivity index (χ1v) is 9.91. The van der Waals surface area contributed by atoms with Gasteiger partial charge in [-0.1, -0.05) is 31.5 Å². The van der Waals surface area contributed by atoms with E-state index in [1.165, 1.54) is 24.5 Å². The van der Waals surface area contributed by atoms with Crippen LogP contribution >= 0.6 is 23.1 Å². The quantitative estimate of drug-likeness (QED) is 0.643. The molecule has 0 saturated heterocycles. The van der Waals surface area contributed by atoms with E-state index in [0.29, 0.717) is 5.92 Å². The van der Waals surface area contributed by atoms with Crippen molar-refractivity contribution in [1.29, 1.82) is 0 Å². The molecule has 0 aromatic carbocycles. The average Bonchev–Trinajstić information content (AvgIpc) is 3.04. The molecule has 1 aliphatic rings. The van der Waals surface area contributed by atoms with E-state index < -0.39 is 6.03 Å². The molecule has 8 heteroatoms. The lowest BCUT2D eigenvalue weighted by molar-refractivity contribution is -0.117. The van der Waals surface area contributed by atoms with Gasteiger partial charge in [0.25, 0.3) is 0 Å². The van der Waals surface area contributed by atoms with Gasteiger partial charge in [0.15, 0.2) is 0 Å². The van der Waals surface area contributed by atoms with Gasteiger partial charge in [-0.2, -0.15) is 0 Å². The lowest BCUT2D eigenvalue weighted by Crippen LogP contribution is -2.48. The zero-order valence-corrected chi connectivity index (χ0v) is 15.1. The van der Waals surface area contributed by atoms with Crippen LogP contribution in [0, 0.1) is 5.92 Å². The minimum Gasteiger partial charge on any atom is -0.335 e. The van der Waals surface area contributed by atoms with Crippen LogP contribution < -0.4 is 10.6 Å². The second kappa shape index (κ2) is 7.94. The molecule has 2 aromatic heterocycles. The first-order valence-electron chi connectivity index (χ1n) is 8.05. The van der Waals surface area contributed by atoms with Gasteiger partial charge in [-0.3, -0.25) is 10.1 Å². The largest absolute Gasteiger partial charge is 0.335 e. The fourth-order valence-corrected chi connectivity index (χ4v) is 4.65. The van der Waals surface area contributed by atoms with Crippen LogP contribution in [0.25, 0.3) is 10.2 Å². The number of fused-ring (bicyclic) bond motifs is 1. The Morgan fingerprint density at radius 2 is 2.17 bits per heavy atom. The maximum atomic E-state index is 12.0. The molecule has 2 N–H and O–H groups in total. The fraction of sp³-hybridized carbons (Fsp3) is 0.500. The number of urea groups is 1. The summed E-state index contributed by atoms with van der Waals surface area (Å²) in [5.74, 6) is 0.295. The highest BCUT2D eigenvalue weighted by molar-refractivity contribution is 8.00. The van der Waals surface area contributed by atoms with Crippen LogP contribution in [0.15, 0.2) is 22.8 Å². The van der Waals surface area contributed by atoms with Gasteiger partial charge in [-0.25, -0.2) is 14.8 Å². The summed E-state index contributed by atoms with van der Waals surface area (Å²) >= 11 is 2.86. The van der Waals surface area contributed by atoms with Gasteiger partial charge in [-0.15, -0.1) is 11.3 Å². The highest BCUT2D eigenvalue weighted by Gasteiger charge is 2.23. The molecule has 3 amide bonds. The summed E-state index contributed by atoms with van der Waals surface area (Å²) in [7, 11) is 0. The molecule has 128 valence electrons. The van der Waals surface area contributed by atoms with Crippen molar-refractivity contribution in [3.05, 3.63) is 17.8 Å². The Morgan fingerprint density at radius 3 is 3.00 bits per heavy atom. The van der Waals surface area contributed by atoms with Crippen molar-refractivity contribution in [2.24, 2.45) is 5.92 Å². The summed E-state index contributed by atoms with van der Waals surface area (Å²) in [5.41, 5.74) is 0.877. The Hall–Kier alpha value is -1.67. The SMILES string of the molecule is C[C@@H]1CCCC[C@@H]1NC(=O)NC(=O)CSc1ncnc2ccsc12. The van der Waals surface area contributed by atoms with E-state index in [2.05, 4.69) is 27.5 Å². The van der Waals surface area contributed by atoms with Crippen molar-refractivity contribution in [1.82, 2.24) is 20.6 Å². The lowest BCUT2D eigenvalue weighted by Gasteiger charge is -2.29. The van der Waals surface area contributed by atoms with Gasteiger partial charge in [0.2, 0.25) is 5.91 Å². The van der Waals surface area contributed by atoms with E-state index in [1.54, 1.807) is 11.3 Å². The predicted molar refractivity (Wildman–Crippen MR) is 96.2 cm³/mol. The second-order valence-corrected chi connectivity index (χ2v) is 7.87. The van der Waals surface area contributed by atoms with Gasteiger partial charge in [0, 0.05) is 6.04 Å². The number of nitrogens with one attached hydrogen (secondary N) is 2. The number of imide groups is 1. The summed E-state index contributed by atoms with van der Waals surface area (Å²) in [4.78, 5) is 32.4. The van der Waals surface area contributed by atoms with Crippen LogP contribution in [0.3, 0.4) is 0 Å². The summed E-state index contributed by atoms with van der Waals surface area (Å²) in [6.07, 6.45) is 5.94. The van der Waals surface area contributed by atoms with Crippen LogP contribution in [-0.4, -0.2) is 33.7 Å². The molecule has 3 rings (SSSR count). The highest BCUT2D eigenvalue weighted by atomic mass is 32.2. The zero-order valence-electron chi connectivity index (χ0n) is 13.4. The molecule has 0 aliphatic heterocycles. The van der Waals surface area contributed by atoms with Gasteiger partial charge >= 0.3 is 6.03 Å². The molecule has 0 bridgehead atoms. The Bertz CT molecular complexity index is 734. The van der Waals surface area contributed by atoms with Crippen LogP contribution in [0.1, 0.15) is 32.6 Å². The standard InChI is InChI=1S/C16H20N4O2S2/c1-10-4-2-3-5-11(10)19-16(22)20-13(21)8-24-15-14-12(6-7-23-14)17-9-18-15/h6-7,9-11H,2-5,8H2,1H3,(H2,19,20,21,22)/t10-,11+/m1/s1. The van der Waals surface area contributed by atoms with Crippen LogP contribution in [-0.2, 0) is 4.79 Å². The van der Waals surface area contributed by atoms with E-state index in [9.17, 15) is 9.59 Å². The summed E-state index contributed by atoms with van der Waals surface area (Å²) in [5, 5.41) is 8.05. The first-order chi connectivity index (χ1) is 11.6. The molecule has 1 aliphatic carbocycles. The van der Waals surface area contributed by atoms with E-state index in [1.807, 2.05) is 11.4 Å². The molecule has 0 radical (unpaired) electrons. The number of carbonyl (C=O) groups excluding carboxylic acids is 2. The predicted octanol–water partition coefficient (Wildman–Crippen LogP) is 3.19. The molecule has 0 spiro atoms. The number of hydrogen-bond donors (Lipinski definition) is 2. The molecule has 2 aromatic rings. The topological polar surface area (TPSA) is 84.0 Å². The third-order valence-electron chi connectivity index (χ3n) is 4.23. The summed E-state index contributed by atoms with van der Waals surface area (Å²) < 4.78 is 0.968. The van der Waals surface area contributed by atoms with Crippen LogP contribution in [0.4, 0.5) is 4.79 Å². The van der Waals surface area contributed by atoms with E-state index in [-0.39, 0.29) is 17.7 Å². The van der Waals surface area contributed by atoms with Gasteiger partial charge in [-0.05, 0) is 30.2 Å². The van der Waals surface area contributed by atoms with Crippen molar-refractivity contribution >= 4 is 45.3 Å². The smallest absolute Gasteiger partial charge is 0.321 e. The molecule has 1 fully saturated rings. The Labute approximate surface area is 148 Å². The molecule has 2 atom stereocenters. The van der Waals surface area contributed by atoms with E-state index in [4.69, 9.17) is 0 Å². The van der Waals surface area contributed by atoms with E-state index >= 15 is 0 Å². The maximum Gasteiger partial charge on any atom is 0.321 e. The Balaban J connectivity index is 1.48. The molecule has 2 heterocycles. The van der Waals surface area contributed by atoms with Crippen LogP contribution in [0.5, 0.6) is 0 Å². The van der Waals surface area contributed by atoms with Gasteiger partial charge in [0.05, 0.1) is 16.0 Å². The number of aromatic nitrogens is 2. The summed E-state index contributed by atoms with van der Waals surface area (Å²) in [6.45, 7) is 2.14. The lowest BCUT2D eigenvalue weighted by atomic mass is 9.86. The number of thioether (sulfide) groups is 1. The molecule has 6 nitrogen and oxygen atoms in total. The third-order valence-corrected chi connectivity index (χ3v) is 6.26. The van der Waals surface area contributed by atoms with Gasteiger partial charge < -0.3 is 5.32 Å². The number of hydrogen-bond acceptors (Lipinski definition) is 6. The normalized spacial score (nSPS) is 20.7. The summed E-state index contributed by atoms with van der Waals surface area (Å²) in [6, 6.07) is 1.68. The average molecular weight is 364 g/mol. The monoisotopic (exact) mass is 364 g/mol. The Kier molecular flexibility index (Phi) is 5.68. The fourth-order valence-electron chi connectivity index (χ4n) is 2.90. The van der Waals surface area contributed by atoms with Gasteiger partial charge in [0.1, 0.15) is 11.4 Å². The van der Waals surface area contributed by atoms with Crippen LogP contribution in [0.2, 0.25) is 0 Å². The molecule has 24 heavy (non-hydrogen) atoms. The number of nitrogens with zero attached hydrogens (tertiary/aromatic N) is 2. The molecular weight excluding hydrogens is 344 g/mol. The third kappa shape index (κ3) is 4.24. The maximum absolute atomic E-state index is 12.0. The van der Waals surface area contributed by atoms with Crippen molar-refractivity contribution < 1.29 is 9.59 Å².